The van der Waals surface area contributed by atoms with Crippen molar-refractivity contribution in [2.75, 3.05) is 11.4 Å². The number of aromatic nitrogens is 1. The van der Waals surface area contributed by atoms with Crippen molar-refractivity contribution in [3.8, 4) is 11.6 Å². The molecular weight excluding hydrogens is 308 g/mol. The molecule has 0 saturated heterocycles. The first-order valence-electron chi connectivity index (χ1n) is 9.23. The lowest BCUT2D eigenvalue weighted by Gasteiger charge is -2.23. The smallest absolute Gasteiger partial charge is 0.222 e. The van der Waals surface area contributed by atoms with Gasteiger partial charge in [0.05, 0.1) is 0 Å². The Hall–Kier alpha value is -2.55. The van der Waals surface area contributed by atoms with E-state index < -0.39 is 0 Å². The fourth-order valence-electron chi connectivity index (χ4n) is 3.69. The number of benzene rings is 1. The van der Waals surface area contributed by atoms with Gasteiger partial charge >= 0.3 is 0 Å². The molecule has 1 aromatic heterocycles. The zero-order valence-corrected chi connectivity index (χ0v) is 14.5. The second-order valence-electron chi connectivity index (χ2n) is 6.75. The van der Waals surface area contributed by atoms with E-state index in [1.165, 1.54) is 43.4 Å². The first-order chi connectivity index (χ1) is 12.4. The minimum atomic E-state index is 0.585. The summed E-state index contributed by atoms with van der Waals surface area (Å²) < 4.78 is 6.14. The minimum Gasteiger partial charge on any atom is -0.439 e. The first-order valence-corrected chi connectivity index (χ1v) is 9.23. The van der Waals surface area contributed by atoms with E-state index in [0.717, 1.165) is 18.2 Å². The highest BCUT2D eigenvalue weighted by Crippen LogP contribution is 2.37. The summed E-state index contributed by atoms with van der Waals surface area (Å²) in [4.78, 5) is 6.71. The van der Waals surface area contributed by atoms with E-state index in [9.17, 15) is 0 Å². The van der Waals surface area contributed by atoms with Crippen LogP contribution in [-0.2, 0) is 0 Å². The van der Waals surface area contributed by atoms with Crippen LogP contribution in [0.2, 0.25) is 0 Å². The molecule has 2 aliphatic rings. The van der Waals surface area contributed by atoms with Gasteiger partial charge in [0.1, 0.15) is 5.75 Å². The quantitative estimate of drug-likeness (QED) is 0.706. The first kappa shape index (κ1) is 15.9. The van der Waals surface area contributed by atoms with Gasteiger partial charge in [-0.05, 0) is 55.2 Å². The van der Waals surface area contributed by atoms with Gasteiger partial charge in [-0.2, -0.15) is 0 Å². The molecule has 128 valence electrons. The van der Waals surface area contributed by atoms with E-state index in [-0.39, 0.29) is 0 Å². The standard InChI is InChI=1S/C22H24N2O/c1-3-8-18(9-4-1)21-10-7-15-23-22(21)25-20-13-11-19(12-14-20)24-16-5-2-6-17-24/h2,5-7,10-16,18H,1,3-4,8-9,17H2. The number of hydrogen-bond acceptors (Lipinski definition) is 3. The summed E-state index contributed by atoms with van der Waals surface area (Å²) in [6.07, 6.45) is 16.7. The highest BCUT2D eigenvalue weighted by atomic mass is 16.5. The van der Waals surface area contributed by atoms with Crippen LogP contribution in [0.15, 0.2) is 67.0 Å². The number of nitrogens with zero attached hydrogens (tertiary/aromatic N) is 2. The molecule has 0 radical (unpaired) electrons. The van der Waals surface area contributed by atoms with E-state index in [2.05, 4.69) is 52.5 Å². The molecule has 0 N–H and O–H groups in total. The molecule has 1 aliphatic heterocycles. The molecule has 2 aromatic rings. The summed E-state index contributed by atoms with van der Waals surface area (Å²) in [6.45, 7) is 0.906. The van der Waals surface area contributed by atoms with Crippen molar-refractivity contribution in [1.29, 1.82) is 0 Å². The van der Waals surface area contributed by atoms with Gasteiger partial charge in [-0.15, -0.1) is 0 Å². The van der Waals surface area contributed by atoms with E-state index >= 15 is 0 Å². The summed E-state index contributed by atoms with van der Waals surface area (Å²) >= 11 is 0. The second kappa shape index (κ2) is 7.56. The Morgan fingerprint density at radius 3 is 2.56 bits per heavy atom. The maximum Gasteiger partial charge on any atom is 0.222 e. The average Bonchev–Trinajstić information content (AvgIpc) is 2.70. The van der Waals surface area contributed by atoms with Gasteiger partial charge < -0.3 is 9.64 Å². The largest absolute Gasteiger partial charge is 0.439 e. The van der Waals surface area contributed by atoms with E-state index in [4.69, 9.17) is 4.74 Å². The molecule has 0 bridgehead atoms. The fraction of sp³-hybridized carbons (Fsp3) is 0.318. The summed E-state index contributed by atoms with van der Waals surface area (Å²) in [5.41, 5.74) is 2.43. The molecule has 0 unspecified atom stereocenters. The van der Waals surface area contributed by atoms with Crippen molar-refractivity contribution in [1.82, 2.24) is 4.98 Å². The molecule has 0 atom stereocenters. The molecule has 2 heterocycles. The summed E-state index contributed by atoms with van der Waals surface area (Å²) in [5.74, 6) is 2.20. The predicted molar refractivity (Wildman–Crippen MR) is 102 cm³/mol. The maximum absolute atomic E-state index is 6.14. The lowest BCUT2D eigenvalue weighted by atomic mass is 9.84. The molecule has 0 spiro atoms. The lowest BCUT2D eigenvalue weighted by Crippen LogP contribution is -2.17. The molecule has 3 heteroatoms. The minimum absolute atomic E-state index is 0.585. The van der Waals surface area contributed by atoms with Crippen molar-refractivity contribution in [2.24, 2.45) is 0 Å². The molecule has 1 fully saturated rings. The van der Waals surface area contributed by atoms with Gasteiger partial charge in [0.25, 0.3) is 0 Å². The Labute approximate surface area is 149 Å². The fourth-order valence-corrected chi connectivity index (χ4v) is 3.69. The molecule has 0 amide bonds. The number of allylic oxidation sites excluding steroid dienone is 2. The Balaban J connectivity index is 1.50. The highest BCUT2D eigenvalue weighted by molar-refractivity contribution is 5.53. The summed E-state index contributed by atoms with van der Waals surface area (Å²) in [6, 6.07) is 12.5. The van der Waals surface area contributed by atoms with E-state index in [1.54, 1.807) is 0 Å². The Morgan fingerprint density at radius 2 is 1.80 bits per heavy atom. The van der Waals surface area contributed by atoms with Gasteiger partial charge in [-0.1, -0.05) is 37.5 Å². The third kappa shape index (κ3) is 3.76. The van der Waals surface area contributed by atoms with Crippen LogP contribution in [0.1, 0.15) is 43.6 Å². The topological polar surface area (TPSA) is 25.4 Å². The van der Waals surface area contributed by atoms with Crippen molar-refractivity contribution in [3.05, 3.63) is 72.6 Å². The number of anilines is 1. The van der Waals surface area contributed by atoms with E-state index in [1.807, 2.05) is 24.4 Å². The molecule has 1 saturated carbocycles. The van der Waals surface area contributed by atoms with Crippen LogP contribution in [0, 0.1) is 0 Å². The second-order valence-corrected chi connectivity index (χ2v) is 6.75. The normalized spacial score (nSPS) is 17.7. The maximum atomic E-state index is 6.14. The molecule has 3 nitrogen and oxygen atoms in total. The number of ether oxygens (including phenoxy) is 1. The molecule has 1 aromatic carbocycles. The summed E-state index contributed by atoms with van der Waals surface area (Å²) in [7, 11) is 0. The van der Waals surface area contributed by atoms with Crippen LogP contribution in [-0.4, -0.2) is 11.5 Å². The van der Waals surface area contributed by atoms with Crippen LogP contribution < -0.4 is 9.64 Å². The third-order valence-electron chi connectivity index (χ3n) is 5.04. The van der Waals surface area contributed by atoms with Gasteiger partial charge in [-0.3, -0.25) is 0 Å². The third-order valence-corrected chi connectivity index (χ3v) is 5.04. The predicted octanol–water partition coefficient (Wildman–Crippen LogP) is 5.81. The van der Waals surface area contributed by atoms with E-state index in [0.29, 0.717) is 5.92 Å². The molecule has 25 heavy (non-hydrogen) atoms. The molecule has 1 aliphatic carbocycles. The van der Waals surface area contributed by atoms with Crippen LogP contribution in [0.3, 0.4) is 0 Å². The van der Waals surface area contributed by atoms with Crippen molar-refractivity contribution in [2.45, 2.75) is 38.0 Å². The Morgan fingerprint density at radius 1 is 0.960 bits per heavy atom. The SMILES string of the molecule is C1=CCN(c2ccc(Oc3ncccc3C3CCCCC3)cc2)C=C1. The Bertz CT molecular complexity index is 758. The van der Waals surface area contributed by atoms with Crippen LogP contribution in [0.25, 0.3) is 0 Å². The molecule has 4 rings (SSSR count). The monoisotopic (exact) mass is 332 g/mol. The number of rotatable bonds is 4. The zero-order valence-electron chi connectivity index (χ0n) is 14.5. The van der Waals surface area contributed by atoms with Crippen LogP contribution in [0.5, 0.6) is 11.6 Å². The van der Waals surface area contributed by atoms with Gasteiger partial charge in [0.2, 0.25) is 5.88 Å². The van der Waals surface area contributed by atoms with Gasteiger partial charge in [-0.25, -0.2) is 4.98 Å². The number of hydrogen-bond donors (Lipinski definition) is 0. The van der Waals surface area contributed by atoms with Crippen molar-refractivity contribution >= 4 is 5.69 Å². The molecular formula is C22H24N2O. The Kier molecular flexibility index (Phi) is 4.82. The highest BCUT2D eigenvalue weighted by Gasteiger charge is 2.20. The van der Waals surface area contributed by atoms with Gasteiger partial charge in [0, 0.05) is 30.2 Å². The van der Waals surface area contributed by atoms with Crippen LogP contribution >= 0.6 is 0 Å². The average molecular weight is 332 g/mol. The van der Waals surface area contributed by atoms with Crippen molar-refractivity contribution in [3.63, 3.8) is 0 Å². The van der Waals surface area contributed by atoms with Crippen LogP contribution in [0.4, 0.5) is 5.69 Å². The lowest BCUT2D eigenvalue weighted by molar-refractivity contribution is 0.410. The number of pyridine rings is 1. The van der Waals surface area contributed by atoms with Crippen molar-refractivity contribution < 1.29 is 4.74 Å². The van der Waals surface area contributed by atoms with Gasteiger partial charge in [0.15, 0.2) is 0 Å². The zero-order chi connectivity index (χ0) is 16.9. The summed E-state index contributed by atoms with van der Waals surface area (Å²) in [5, 5.41) is 0.